The number of allylic oxidation sites excluding steroid dienone is 2. The normalized spacial score (nSPS) is 15.3. The van der Waals surface area contributed by atoms with Gasteiger partial charge in [0.05, 0.1) is 36.0 Å². The molecule has 0 fully saturated rings. The Morgan fingerprint density at radius 1 is 1.06 bits per heavy atom. The van der Waals surface area contributed by atoms with Gasteiger partial charge in [-0.05, 0) is 0 Å². The Morgan fingerprint density at radius 3 is 1.72 bits per heavy atom. The van der Waals surface area contributed by atoms with E-state index >= 15 is 0 Å². The highest BCUT2D eigenvalue weighted by atomic mass is 79.9. The molecule has 0 aromatic heterocycles. The highest BCUT2D eigenvalue weighted by Crippen LogP contribution is 2.31. The molecular weight excluding hydrogens is 372 g/mol. The summed E-state index contributed by atoms with van der Waals surface area (Å²) in [4.78, 5) is 23.2. The first-order valence-corrected chi connectivity index (χ1v) is 7.23. The number of rotatable bonds is 4. The third-order valence-electron chi connectivity index (χ3n) is 2.38. The van der Waals surface area contributed by atoms with Crippen LogP contribution in [0.3, 0.4) is 0 Å². The number of esters is 2. The number of methoxy groups -OCH3 is 2. The highest BCUT2D eigenvalue weighted by Gasteiger charge is 2.30. The van der Waals surface area contributed by atoms with Crippen LogP contribution >= 0.6 is 31.9 Å². The lowest BCUT2D eigenvalue weighted by atomic mass is 10.0. The fourth-order valence-electron chi connectivity index (χ4n) is 1.48. The van der Waals surface area contributed by atoms with Crippen molar-refractivity contribution in [2.24, 2.45) is 0 Å². The number of carbonyl (C=O) groups is 2. The van der Waals surface area contributed by atoms with Crippen molar-refractivity contribution in [1.29, 1.82) is 0 Å². The van der Waals surface area contributed by atoms with Crippen molar-refractivity contribution >= 4 is 43.8 Å². The molecule has 1 aliphatic heterocycles. The van der Waals surface area contributed by atoms with Gasteiger partial charge in [-0.1, -0.05) is 31.9 Å². The molecule has 1 rings (SSSR count). The summed E-state index contributed by atoms with van der Waals surface area (Å²) in [6, 6.07) is 0. The van der Waals surface area contributed by atoms with E-state index in [1.807, 2.05) is 0 Å². The van der Waals surface area contributed by atoms with Crippen LogP contribution in [0.2, 0.25) is 0 Å². The predicted octanol–water partition coefficient (Wildman–Crippen LogP) is 2.05. The third kappa shape index (κ3) is 3.14. The first kappa shape index (κ1) is 15.2. The van der Waals surface area contributed by atoms with E-state index in [2.05, 4.69) is 41.3 Å². The van der Waals surface area contributed by atoms with E-state index in [9.17, 15) is 9.59 Å². The van der Waals surface area contributed by atoms with Gasteiger partial charge in [0, 0.05) is 6.42 Å². The van der Waals surface area contributed by atoms with Crippen molar-refractivity contribution < 1.29 is 23.8 Å². The molecule has 7 heteroatoms. The fourth-order valence-corrected chi connectivity index (χ4v) is 2.39. The molecule has 100 valence electrons. The molecule has 0 saturated carbocycles. The summed E-state index contributed by atoms with van der Waals surface area (Å²) in [7, 11) is 2.56. The van der Waals surface area contributed by atoms with Crippen molar-refractivity contribution in [1.82, 2.24) is 0 Å². The van der Waals surface area contributed by atoms with Crippen LogP contribution in [0.5, 0.6) is 0 Å². The lowest BCUT2D eigenvalue weighted by molar-refractivity contribution is -0.137. The molecule has 0 aliphatic carbocycles. The van der Waals surface area contributed by atoms with Crippen molar-refractivity contribution in [2.45, 2.75) is 6.42 Å². The van der Waals surface area contributed by atoms with Gasteiger partial charge in [0.15, 0.2) is 0 Å². The number of ether oxygens (including phenoxy) is 3. The topological polar surface area (TPSA) is 61.8 Å². The molecular formula is C11H12Br2O5. The van der Waals surface area contributed by atoms with E-state index < -0.39 is 11.9 Å². The van der Waals surface area contributed by atoms with Gasteiger partial charge in [-0.15, -0.1) is 0 Å². The Kier molecular flexibility index (Phi) is 5.87. The molecule has 1 heterocycles. The number of carbonyl (C=O) groups excluding carboxylic acids is 2. The van der Waals surface area contributed by atoms with Crippen LogP contribution < -0.4 is 0 Å². The third-order valence-corrected chi connectivity index (χ3v) is 3.40. The second-order valence-corrected chi connectivity index (χ2v) is 4.45. The molecule has 1 aliphatic rings. The Hall–Kier alpha value is -0.820. The first-order valence-electron chi connectivity index (χ1n) is 4.99. The first-order chi connectivity index (χ1) is 8.58. The van der Waals surface area contributed by atoms with Crippen molar-refractivity contribution in [2.75, 3.05) is 24.9 Å². The van der Waals surface area contributed by atoms with Gasteiger partial charge in [-0.25, -0.2) is 9.59 Å². The molecule has 18 heavy (non-hydrogen) atoms. The molecule has 0 bridgehead atoms. The molecule has 0 unspecified atom stereocenters. The Morgan fingerprint density at radius 2 is 1.44 bits per heavy atom. The van der Waals surface area contributed by atoms with Gasteiger partial charge >= 0.3 is 11.9 Å². The van der Waals surface area contributed by atoms with Gasteiger partial charge in [0.1, 0.15) is 11.5 Å². The molecule has 0 saturated heterocycles. The Bertz CT molecular complexity index is 387. The molecule has 0 aromatic carbocycles. The lowest BCUT2D eigenvalue weighted by Crippen LogP contribution is -2.21. The standard InChI is InChI=1S/C11H12Br2O5/c1-16-10(14)6-3-7(11(15)17-2)9(5-13)18-8(6)4-12/h3-5H2,1-2H3. The van der Waals surface area contributed by atoms with Crippen LogP contribution in [0.25, 0.3) is 0 Å². The van der Waals surface area contributed by atoms with Crippen LogP contribution in [0.15, 0.2) is 22.7 Å². The van der Waals surface area contributed by atoms with Gasteiger partial charge in [-0.3, -0.25) is 0 Å². The summed E-state index contributed by atoms with van der Waals surface area (Å²) < 4.78 is 14.9. The van der Waals surface area contributed by atoms with Gasteiger partial charge in [-0.2, -0.15) is 0 Å². The van der Waals surface area contributed by atoms with Gasteiger partial charge < -0.3 is 14.2 Å². The zero-order valence-corrected chi connectivity index (χ0v) is 13.1. The van der Waals surface area contributed by atoms with Crippen LogP contribution in [0, 0.1) is 0 Å². The zero-order chi connectivity index (χ0) is 13.7. The van der Waals surface area contributed by atoms with Crippen molar-refractivity contribution in [3.8, 4) is 0 Å². The van der Waals surface area contributed by atoms with E-state index in [-0.39, 0.29) is 6.42 Å². The van der Waals surface area contributed by atoms with E-state index in [1.165, 1.54) is 14.2 Å². The summed E-state index contributed by atoms with van der Waals surface area (Å²) in [5.41, 5.74) is 0.638. The van der Waals surface area contributed by atoms with Crippen molar-refractivity contribution in [3.05, 3.63) is 22.7 Å². The average molecular weight is 384 g/mol. The van der Waals surface area contributed by atoms with Crippen LogP contribution in [0.1, 0.15) is 6.42 Å². The molecule has 5 nitrogen and oxygen atoms in total. The van der Waals surface area contributed by atoms with E-state index in [0.29, 0.717) is 33.3 Å². The number of hydrogen-bond acceptors (Lipinski definition) is 5. The largest absolute Gasteiger partial charge is 0.466 e. The maximum absolute atomic E-state index is 11.6. The van der Waals surface area contributed by atoms with Crippen LogP contribution in [0.4, 0.5) is 0 Å². The summed E-state index contributed by atoms with van der Waals surface area (Å²) >= 11 is 6.47. The minimum absolute atomic E-state index is 0.140. The Labute approximate surface area is 121 Å². The number of halogens is 2. The maximum atomic E-state index is 11.6. The van der Waals surface area contributed by atoms with Gasteiger partial charge in [0.25, 0.3) is 0 Å². The summed E-state index contributed by atoms with van der Waals surface area (Å²) in [6.07, 6.45) is 0.140. The van der Waals surface area contributed by atoms with Crippen LogP contribution in [-0.2, 0) is 23.8 Å². The van der Waals surface area contributed by atoms with Crippen molar-refractivity contribution in [3.63, 3.8) is 0 Å². The second kappa shape index (κ2) is 6.94. The van der Waals surface area contributed by atoms with E-state index in [1.54, 1.807) is 0 Å². The molecule has 0 spiro atoms. The minimum Gasteiger partial charge on any atom is -0.466 e. The predicted molar refractivity (Wildman–Crippen MR) is 71.4 cm³/mol. The Balaban J connectivity index is 3.12. The van der Waals surface area contributed by atoms with Gasteiger partial charge in [0.2, 0.25) is 0 Å². The number of alkyl halides is 2. The molecule has 0 amide bonds. The zero-order valence-electron chi connectivity index (χ0n) is 9.92. The smallest absolute Gasteiger partial charge is 0.337 e. The maximum Gasteiger partial charge on any atom is 0.337 e. The summed E-state index contributed by atoms with van der Waals surface area (Å²) in [5, 5.41) is 0.727. The van der Waals surface area contributed by atoms with Crippen LogP contribution in [-0.4, -0.2) is 36.8 Å². The molecule has 0 atom stereocenters. The van der Waals surface area contributed by atoms with E-state index in [0.717, 1.165) is 0 Å². The summed E-state index contributed by atoms with van der Waals surface area (Å²) in [5.74, 6) is -0.133. The SMILES string of the molecule is COC(=O)C1=C(CBr)OC(CBr)=C(C(=O)OC)C1. The molecule has 0 radical (unpaired) electrons. The summed E-state index contributed by atoms with van der Waals surface area (Å²) in [6.45, 7) is 0. The monoisotopic (exact) mass is 382 g/mol. The quantitative estimate of drug-likeness (QED) is 0.549. The van der Waals surface area contributed by atoms with E-state index in [4.69, 9.17) is 4.74 Å². The minimum atomic E-state index is -0.514. The molecule has 0 aromatic rings. The lowest BCUT2D eigenvalue weighted by Gasteiger charge is -2.22. The fraction of sp³-hybridized carbons (Fsp3) is 0.455. The second-order valence-electron chi connectivity index (χ2n) is 3.33. The molecule has 0 N–H and O–H groups in total. The number of hydrogen-bond donors (Lipinski definition) is 0. The average Bonchev–Trinajstić information content (AvgIpc) is 2.43. The highest BCUT2D eigenvalue weighted by molar-refractivity contribution is 9.09.